The zero-order valence-corrected chi connectivity index (χ0v) is 10.6. The molecule has 19 heavy (non-hydrogen) atoms. The summed E-state index contributed by atoms with van der Waals surface area (Å²) in [5.74, 6) is -0.155. The number of ether oxygens (including phenoxy) is 1. The van der Waals surface area contributed by atoms with E-state index in [0.29, 0.717) is 12.3 Å². The molecule has 0 saturated heterocycles. The van der Waals surface area contributed by atoms with Crippen molar-refractivity contribution in [2.45, 2.75) is 19.9 Å². The summed E-state index contributed by atoms with van der Waals surface area (Å²) in [6.07, 6.45) is 2.50. The Balaban J connectivity index is 2.18. The van der Waals surface area contributed by atoms with Gasteiger partial charge < -0.3 is 9.84 Å². The Morgan fingerprint density at radius 1 is 1.37 bits per heavy atom. The minimum atomic E-state index is -0.949. The number of rotatable bonds is 6. The fourth-order valence-electron chi connectivity index (χ4n) is 1.67. The first-order valence-corrected chi connectivity index (χ1v) is 6.04. The molecule has 0 aliphatic rings. The number of carboxylic acids is 1. The molecular formula is C13H15N3O3. The molecule has 0 aliphatic heterocycles. The van der Waals surface area contributed by atoms with Crippen LogP contribution >= 0.6 is 0 Å². The number of aromatic nitrogens is 3. The quantitative estimate of drug-likeness (QED) is 0.858. The molecule has 0 amide bonds. The number of benzene rings is 1. The molecule has 0 bridgehead atoms. The van der Waals surface area contributed by atoms with Crippen molar-refractivity contribution in [3.05, 3.63) is 30.5 Å². The summed E-state index contributed by atoms with van der Waals surface area (Å²) in [5, 5.41) is 16.3. The Bertz CT molecular complexity index is 549. The number of carboxylic acid groups (broad SMARTS) is 1. The van der Waals surface area contributed by atoms with Gasteiger partial charge >= 0.3 is 5.97 Å². The molecule has 0 saturated carbocycles. The summed E-state index contributed by atoms with van der Waals surface area (Å²) >= 11 is 0. The summed E-state index contributed by atoms with van der Waals surface area (Å²) in [7, 11) is 0. The maximum atomic E-state index is 10.7. The van der Waals surface area contributed by atoms with Gasteiger partial charge in [-0.1, -0.05) is 12.1 Å². The van der Waals surface area contributed by atoms with Gasteiger partial charge in [0, 0.05) is 5.56 Å². The molecule has 0 unspecified atom stereocenters. The number of hydrogen-bond donors (Lipinski definition) is 1. The highest BCUT2D eigenvalue weighted by atomic mass is 16.5. The fourth-order valence-corrected chi connectivity index (χ4v) is 1.67. The zero-order valence-electron chi connectivity index (χ0n) is 10.6. The highest BCUT2D eigenvalue weighted by Crippen LogP contribution is 2.21. The van der Waals surface area contributed by atoms with Crippen molar-refractivity contribution in [3.8, 4) is 17.0 Å². The van der Waals surface area contributed by atoms with E-state index in [0.717, 1.165) is 17.7 Å². The van der Waals surface area contributed by atoms with Crippen molar-refractivity contribution < 1.29 is 14.6 Å². The van der Waals surface area contributed by atoms with Gasteiger partial charge in [0.2, 0.25) is 0 Å². The molecule has 100 valence electrons. The molecule has 1 aromatic heterocycles. The van der Waals surface area contributed by atoms with Crippen molar-refractivity contribution in [1.82, 2.24) is 15.0 Å². The molecule has 0 spiro atoms. The van der Waals surface area contributed by atoms with Crippen LogP contribution in [0.2, 0.25) is 0 Å². The van der Waals surface area contributed by atoms with Crippen LogP contribution in [0.3, 0.4) is 0 Å². The van der Waals surface area contributed by atoms with Gasteiger partial charge in [0.1, 0.15) is 12.3 Å². The SMILES string of the molecule is CCCOc1ccc(-c2cnnn2CC(=O)O)cc1. The van der Waals surface area contributed by atoms with E-state index in [9.17, 15) is 4.79 Å². The Labute approximate surface area is 110 Å². The zero-order chi connectivity index (χ0) is 13.7. The molecule has 1 aromatic carbocycles. The molecular weight excluding hydrogens is 246 g/mol. The van der Waals surface area contributed by atoms with Gasteiger partial charge in [0.05, 0.1) is 18.5 Å². The Hall–Kier alpha value is -2.37. The van der Waals surface area contributed by atoms with Crippen LogP contribution in [0.4, 0.5) is 0 Å². The van der Waals surface area contributed by atoms with Crippen molar-refractivity contribution in [2.75, 3.05) is 6.61 Å². The molecule has 0 fully saturated rings. The van der Waals surface area contributed by atoms with E-state index < -0.39 is 5.97 Å². The smallest absolute Gasteiger partial charge is 0.325 e. The van der Waals surface area contributed by atoms with E-state index >= 15 is 0 Å². The lowest BCUT2D eigenvalue weighted by molar-refractivity contribution is -0.137. The second-order valence-electron chi connectivity index (χ2n) is 4.04. The summed E-state index contributed by atoms with van der Waals surface area (Å²) in [6, 6.07) is 7.43. The van der Waals surface area contributed by atoms with Crippen LogP contribution < -0.4 is 4.74 Å². The van der Waals surface area contributed by atoms with Gasteiger partial charge in [-0.15, -0.1) is 5.10 Å². The average molecular weight is 261 g/mol. The monoisotopic (exact) mass is 261 g/mol. The van der Waals surface area contributed by atoms with Crippen LogP contribution in [0, 0.1) is 0 Å². The van der Waals surface area contributed by atoms with Crippen molar-refractivity contribution in [2.24, 2.45) is 0 Å². The summed E-state index contributed by atoms with van der Waals surface area (Å²) in [5.41, 5.74) is 1.53. The van der Waals surface area contributed by atoms with E-state index in [-0.39, 0.29) is 6.54 Å². The Kier molecular flexibility index (Phi) is 4.12. The summed E-state index contributed by atoms with van der Waals surface area (Å²) < 4.78 is 6.84. The third-order valence-electron chi connectivity index (χ3n) is 2.53. The van der Waals surface area contributed by atoms with Crippen molar-refractivity contribution in [1.29, 1.82) is 0 Å². The number of aliphatic carboxylic acids is 1. The summed E-state index contributed by atoms with van der Waals surface area (Å²) in [4.78, 5) is 10.7. The summed E-state index contributed by atoms with van der Waals surface area (Å²) in [6.45, 7) is 2.52. The molecule has 1 heterocycles. The van der Waals surface area contributed by atoms with Crippen molar-refractivity contribution >= 4 is 5.97 Å². The lowest BCUT2D eigenvalue weighted by Gasteiger charge is -2.06. The van der Waals surface area contributed by atoms with Crippen molar-refractivity contribution in [3.63, 3.8) is 0 Å². The van der Waals surface area contributed by atoms with Gasteiger partial charge in [0.15, 0.2) is 0 Å². The molecule has 6 nitrogen and oxygen atoms in total. The van der Waals surface area contributed by atoms with Crippen LogP contribution in [0.5, 0.6) is 5.75 Å². The lowest BCUT2D eigenvalue weighted by Crippen LogP contribution is -2.11. The average Bonchev–Trinajstić information content (AvgIpc) is 2.84. The van der Waals surface area contributed by atoms with E-state index in [1.54, 1.807) is 6.20 Å². The topological polar surface area (TPSA) is 77.2 Å². The lowest BCUT2D eigenvalue weighted by atomic mass is 10.1. The second kappa shape index (κ2) is 5.99. The molecule has 0 atom stereocenters. The predicted molar refractivity (Wildman–Crippen MR) is 68.9 cm³/mol. The van der Waals surface area contributed by atoms with Gasteiger partial charge in [-0.25, -0.2) is 4.68 Å². The normalized spacial score (nSPS) is 10.4. The number of carbonyl (C=O) groups is 1. The van der Waals surface area contributed by atoms with E-state index in [4.69, 9.17) is 9.84 Å². The molecule has 1 N–H and O–H groups in total. The van der Waals surface area contributed by atoms with E-state index in [1.807, 2.05) is 31.2 Å². The van der Waals surface area contributed by atoms with E-state index in [2.05, 4.69) is 10.3 Å². The fraction of sp³-hybridized carbons (Fsp3) is 0.308. The third-order valence-corrected chi connectivity index (χ3v) is 2.53. The standard InChI is InChI=1S/C13H15N3O3/c1-2-7-19-11-5-3-10(4-6-11)12-8-14-15-16(12)9-13(17)18/h3-6,8H,2,7,9H2,1H3,(H,17,18). The Morgan fingerprint density at radius 3 is 2.74 bits per heavy atom. The minimum Gasteiger partial charge on any atom is -0.494 e. The second-order valence-corrected chi connectivity index (χ2v) is 4.04. The van der Waals surface area contributed by atoms with Gasteiger partial charge in [-0.3, -0.25) is 4.79 Å². The van der Waals surface area contributed by atoms with Crippen LogP contribution in [0.25, 0.3) is 11.3 Å². The van der Waals surface area contributed by atoms with Gasteiger partial charge in [-0.05, 0) is 30.7 Å². The predicted octanol–water partition coefficient (Wildman–Crippen LogP) is 1.82. The number of hydrogen-bond acceptors (Lipinski definition) is 4. The van der Waals surface area contributed by atoms with Crippen LogP contribution in [0.1, 0.15) is 13.3 Å². The van der Waals surface area contributed by atoms with E-state index in [1.165, 1.54) is 4.68 Å². The van der Waals surface area contributed by atoms with Gasteiger partial charge in [-0.2, -0.15) is 0 Å². The number of nitrogens with zero attached hydrogens (tertiary/aromatic N) is 3. The maximum Gasteiger partial charge on any atom is 0.325 e. The first kappa shape index (κ1) is 13.1. The first-order valence-electron chi connectivity index (χ1n) is 6.04. The largest absolute Gasteiger partial charge is 0.494 e. The maximum absolute atomic E-state index is 10.7. The molecule has 2 rings (SSSR count). The van der Waals surface area contributed by atoms with Crippen LogP contribution in [-0.2, 0) is 11.3 Å². The molecule has 0 aliphatic carbocycles. The Morgan fingerprint density at radius 2 is 2.11 bits per heavy atom. The highest BCUT2D eigenvalue weighted by Gasteiger charge is 2.09. The minimum absolute atomic E-state index is 0.205. The first-order chi connectivity index (χ1) is 9.20. The van der Waals surface area contributed by atoms with Crippen LogP contribution in [0.15, 0.2) is 30.5 Å². The molecule has 6 heteroatoms. The highest BCUT2D eigenvalue weighted by molar-refractivity contribution is 5.68. The molecule has 2 aromatic rings. The van der Waals surface area contributed by atoms with Gasteiger partial charge in [0.25, 0.3) is 0 Å². The third kappa shape index (κ3) is 3.31. The van der Waals surface area contributed by atoms with Crippen LogP contribution in [-0.4, -0.2) is 32.7 Å². The molecule has 0 radical (unpaired) electrons.